The Hall–Kier alpha value is -1.32. The SMILES string of the molecule is CC1Cc2c(cccc2OC(F)F)N1. The monoisotopic (exact) mass is 199 g/mol. The molecule has 1 aliphatic rings. The Morgan fingerprint density at radius 1 is 1.50 bits per heavy atom. The maximum atomic E-state index is 12.0. The molecule has 2 rings (SSSR count). The van der Waals surface area contributed by atoms with Crippen molar-refractivity contribution in [2.24, 2.45) is 0 Å². The van der Waals surface area contributed by atoms with Crippen molar-refractivity contribution in [1.29, 1.82) is 0 Å². The molecule has 1 N–H and O–H groups in total. The molecule has 1 atom stereocenters. The molecule has 76 valence electrons. The van der Waals surface area contributed by atoms with Crippen molar-refractivity contribution in [2.75, 3.05) is 5.32 Å². The lowest BCUT2D eigenvalue weighted by atomic mass is 10.1. The molecule has 0 amide bonds. The molecule has 1 aromatic carbocycles. The molecule has 14 heavy (non-hydrogen) atoms. The summed E-state index contributed by atoms with van der Waals surface area (Å²) in [4.78, 5) is 0. The summed E-state index contributed by atoms with van der Waals surface area (Å²) in [5, 5.41) is 3.19. The molecule has 0 saturated heterocycles. The number of rotatable bonds is 2. The Labute approximate surface area is 80.9 Å². The second-order valence-corrected chi connectivity index (χ2v) is 3.41. The summed E-state index contributed by atoms with van der Waals surface area (Å²) in [5.41, 5.74) is 1.75. The third-order valence-electron chi connectivity index (χ3n) is 2.26. The van der Waals surface area contributed by atoms with E-state index in [1.54, 1.807) is 12.1 Å². The topological polar surface area (TPSA) is 21.3 Å². The average Bonchev–Trinajstić information content (AvgIpc) is 2.45. The van der Waals surface area contributed by atoms with Crippen molar-refractivity contribution < 1.29 is 13.5 Å². The Balaban J connectivity index is 2.30. The molecule has 1 aliphatic heterocycles. The first-order valence-corrected chi connectivity index (χ1v) is 4.50. The molecule has 4 heteroatoms. The van der Waals surface area contributed by atoms with E-state index in [9.17, 15) is 8.78 Å². The average molecular weight is 199 g/mol. The number of nitrogens with one attached hydrogen (secondary N) is 1. The van der Waals surface area contributed by atoms with Gasteiger partial charge in [0.2, 0.25) is 0 Å². The van der Waals surface area contributed by atoms with Gasteiger partial charge in [0, 0.05) is 17.3 Å². The first kappa shape index (κ1) is 9.24. The van der Waals surface area contributed by atoms with E-state index < -0.39 is 6.61 Å². The van der Waals surface area contributed by atoms with Gasteiger partial charge in [-0.15, -0.1) is 0 Å². The van der Waals surface area contributed by atoms with Crippen LogP contribution in [-0.2, 0) is 6.42 Å². The highest BCUT2D eigenvalue weighted by Gasteiger charge is 2.21. The molecule has 0 aromatic heterocycles. The van der Waals surface area contributed by atoms with Crippen LogP contribution in [0.2, 0.25) is 0 Å². The number of benzene rings is 1. The fraction of sp³-hybridized carbons (Fsp3) is 0.400. The van der Waals surface area contributed by atoms with Crippen molar-refractivity contribution in [1.82, 2.24) is 0 Å². The summed E-state index contributed by atoms with van der Waals surface area (Å²) in [6, 6.07) is 5.44. The van der Waals surface area contributed by atoms with Gasteiger partial charge >= 0.3 is 6.61 Å². The molecule has 1 unspecified atom stereocenters. The third kappa shape index (κ3) is 1.64. The highest BCUT2D eigenvalue weighted by atomic mass is 19.3. The summed E-state index contributed by atoms with van der Waals surface area (Å²) in [7, 11) is 0. The van der Waals surface area contributed by atoms with E-state index in [-0.39, 0.29) is 11.8 Å². The number of anilines is 1. The van der Waals surface area contributed by atoms with E-state index in [0.717, 1.165) is 17.7 Å². The van der Waals surface area contributed by atoms with Crippen LogP contribution in [0.5, 0.6) is 5.75 Å². The Bertz CT molecular complexity index is 341. The van der Waals surface area contributed by atoms with Crippen molar-refractivity contribution in [3.05, 3.63) is 23.8 Å². The van der Waals surface area contributed by atoms with Gasteiger partial charge in [-0.3, -0.25) is 0 Å². The molecule has 1 aromatic rings. The van der Waals surface area contributed by atoms with E-state index in [0.29, 0.717) is 0 Å². The van der Waals surface area contributed by atoms with Crippen LogP contribution in [0.1, 0.15) is 12.5 Å². The normalized spacial score (nSPS) is 19.3. The van der Waals surface area contributed by atoms with E-state index in [4.69, 9.17) is 0 Å². The number of alkyl halides is 2. The Morgan fingerprint density at radius 2 is 2.29 bits per heavy atom. The highest BCUT2D eigenvalue weighted by Crippen LogP contribution is 2.34. The van der Waals surface area contributed by atoms with Crippen LogP contribution in [0.4, 0.5) is 14.5 Å². The quantitative estimate of drug-likeness (QED) is 0.790. The number of hydrogen-bond acceptors (Lipinski definition) is 2. The minimum atomic E-state index is -2.75. The van der Waals surface area contributed by atoms with Crippen molar-refractivity contribution in [3.63, 3.8) is 0 Å². The molecule has 2 nitrogen and oxygen atoms in total. The van der Waals surface area contributed by atoms with Crippen LogP contribution in [0.15, 0.2) is 18.2 Å². The molecular weight excluding hydrogens is 188 g/mol. The molecule has 0 radical (unpaired) electrons. The number of ether oxygens (including phenoxy) is 1. The lowest BCUT2D eigenvalue weighted by molar-refractivity contribution is -0.0503. The van der Waals surface area contributed by atoms with Crippen LogP contribution < -0.4 is 10.1 Å². The summed E-state index contributed by atoms with van der Waals surface area (Å²) in [5.74, 6) is 0.286. The van der Waals surface area contributed by atoms with Crippen molar-refractivity contribution in [2.45, 2.75) is 26.0 Å². The third-order valence-corrected chi connectivity index (χ3v) is 2.26. The van der Waals surface area contributed by atoms with Gasteiger partial charge in [0.15, 0.2) is 0 Å². The Morgan fingerprint density at radius 3 is 3.00 bits per heavy atom. The molecule has 0 bridgehead atoms. The number of hydrogen-bond donors (Lipinski definition) is 1. The molecule has 0 saturated carbocycles. The molecule has 0 spiro atoms. The largest absolute Gasteiger partial charge is 0.434 e. The van der Waals surface area contributed by atoms with Gasteiger partial charge in [0.25, 0.3) is 0 Å². The number of halogens is 2. The van der Waals surface area contributed by atoms with Gasteiger partial charge in [-0.2, -0.15) is 8.78 Å². The second kappa shape index (κ2) is 3.44. The zero-order chi connectivity index (χ0) is 10.1. The van der Waals surface area contributed by atoms with E-state index in [2.05, 4.69) is 10.1 Å². The standard InChI is InChI=1S/C10H11F2NO/c1-6-5-7-8(13-6)3-2-4-9(7)14-10(11)12/h2-4,6,10,13H,5H2,1H3. The van der Waals surface area contributed by atoms with Crippen molar-refractivity contribution in [3.8, 4) is 5.75 Å². The van der Waals surface area contributed by atoms with E-state index in [1.165, 1.54) is 0 Å². The lowest BCUT2D eigenvalue weighted by Crippen LogP contribution is -2.08. The summed E-state index contributed by atoms with van der Waals surface area (Å²) < 4.78 is 28.5. The maximum Gasteiger partial charge on any atom is 0.387 e. The van der Waals surface area contributed by atoms with Gasteiger partial charge in [0.05, 0.1) is 0 Å². The number of fused-ring (bicyclic) bond motifs is 1. The van der Waals surface area contributed by atoms with Gasteiger partial charge in [-0.05, 0) is 25.5 Å². The summed E-state index contributed by atoms with van der Waals surface area (Å²) >= 11 is 0. The van der Waals surface area contributed by atoms with Crippen LogP contribution >= 0.6 is 0 Å². The predicted octanol–water partition coefficient (Wildman–Crippen LogP) is 2.64. The van der Waals surface area contributed by atoms with Crippen LogP contribution in [0.25, 0.3) is 0 Å². The molecule has 0 aliphatic carbocycles. The first-order chi connectivity index (χ1) is 6.66. The maximum absolute atomic E-state index is 12.0. The molecule has 1 heterocycles. The van der Waals surface area contributed by atoms with E-state index >= 15 is 0 Å². The zero-order valence-corrected chi connectivity index (χ0v) is 7.76. The molecule has 0 fully saturated rings. The first-order valence-electron chi connectivity index (χ1n) is 4.50. The smallest absolute Gasteiger partial charge is 0.387 e. The lowest BCUT2D eigenvalue weighted by Gasteiger charge is -2.08. The fourth-order valence-electron chi connectivity index (χ4n) is 1.74. The summed E-state index contributed by atoms with van der Waals surface area (Å²) in [6.07, 6.45) is 0.734. The van der Waals surface area contributed by atoms with Crippen LogP contribution in [0, 0.1) is 0 Å². The zero-order valence-electron chi connectivity index (χ0n) is 7.76. The van der Waals surface area contributed by atoms with Gasteiger partial charge in [0.1, 0.15) is 5.75 Å². The Kier molecular flexibility index (Phi) is 2.27. The van der Waals surface area contributed by atoms with Gasteiger partial charge in [-0.1, -0.05) is 6.07 Å². The molecular formula is C10H11F2NO. The minimum absolute atomic E-state index is 0.285. The van der Waals surface area contributed by atoms with Gasteiger partial charge < -0.3 is 10.1 Å². The predicted molar refractivity (Wildman–Crippen MR) is 49.9 cm³/mol. The van der Waals surface area contributed by atoms with E-state index in [1.807, 2.05) is 13.0 Å². The second-order valence-electron chi connectivity index (χ2n) is 3.41. The van der Waals surface area contributed by atoms with Crippen LogP contribution in [0.3, 0.4) is 0 Å². The van der Waals surface area contributed by atoms with Crippen LogP contribution in [-0.4, -0.2) is 12.7 Å². The minimum Gasteiger partial charge on any atom is -0.434 e. The van der Waals surface area contributed by atoms with Crippen molar-refractivity contribution >= 4 is 5.69 Å². The highest BCUT2D eigenvalue weighted by molar-refractivity contribution is 5.62. The summed E-state index contributed by atoms with van der Waals surface area (Å²) in [6.45, 7) is -0.746. The van der Waals surface area contributed by atoms with Gasteiger partial charge in [-0.25, -0.2) is 0 Å². The fourth-order valence-corrected chi connectivity index (χ4v) is 1.74.